The van der Waals surface area contributed by atoms with Crippen molar-refractivity contribution in [2.45, 2.75) is 6.10 Å². The molecule has 5 heteroatoms. The SMILES string of the molecule is OC(CNc1ccc(F)cc1Br)c1ccco1. The van der Waals surface area contributed by atoms with E-state index in [0.29, 0.717) is 10.2 Å². The van der Waals surface area contributed by atoms with Crippen LogP contribution in [-0.4, -0.2) is 11.7 Å². The fourth-order valence-corrected chi connectivity index (χ4v) is 1.91. The average Bonchev–Trinajstić information content (AvgIpc) is 2.81. The van der Waals surface area contributed by atoms with Crippen LogP contribution in [0.25, 0.3) is 0 Å². The molecule has 1 atom stereocenters. The summed E-state index contributed by atoms with van der Waals surface area (Å²) in [5, 5.41) is 12.8. The molecule has 0 aliphatic rings. The Morgan fingerprint density at radius 2 is 2.24 bits per heavy atom. The Kier molecular flexibility index (Phi) is 3.81. The number of furan rings is 1. The van der Waals surface area contributed by atoms with Gasteiger partial charge in [0.05, 0.1) is 6.26 Å². The van der Waals surface area contributed by atoms with Crippen LogP contribution in [0.15, 0.2) is 45.5 Å². The molecule has 0 spiro atoms. The van der Waals surface area contributed by atoms with Gasteiger partial charge in [-0.25, -0.2) is 4.39 Å². The van der Waals surface area contributed by atoms with Crippen LogP contribution in [0.5, 0.6) is 0 Å². The molecule has 0 aliphatic heterocycles. The quantitative estimate of drug-likeness (QED) is 0.910. The van der Waals surface area contributed by atoms with E-state index in [4.69, 9.17) is 4.42 Å². The zero-order chi connectivity index (χ0) is 12.3. The summed E-state index contributed by atoms with van der Waals surface area (Å²) in [6.45, 7) is 0.289. The predicted octanol–water partition coefficient (Wildman–Crippen LogP) is 3.33. The van der Waals surface area contributed by atoms with Gasteiger partial charge in [0, 0.05) is 16.7 Å². The number of nitrogens with one attached hydrogen (secondary N) is 1. The Labute approximate surface area is 106 Å². The van der Waals surface area contributed by atoms with Crippen LogP contribution >= 0.6 is 15.9 Å². The topological polar surface area (TPSA) is 45.4 Å². The summed E-state index contributed by atoms with van der Waals surface area (Å²) in [6.07, 6.45) is 0.772. The molecule has 0 fully saturated rings. The lowest BCUT2D eigenvalue weighted by molar-refractivity contribution is 0.162. The number of hydrogen-bond donors (Lipinski definition) is 2. The molecule has 0 bridgehead atoms. The second-order valence-electron chi connectivity index (χ2n) is 3.54. The van der Waals surface area contributed by atoms with Gasteiger partial charge in [-0.05, 0) is 46.3 Å². The molecule has 0 amide bonds. The molecule has 17 heavy (non-hydrogen) atoms. The molecule has 90 valence electrons. The lowest BCUT2D eigenvalue weighted by atomic mass is 10.2. The highest BCUT2D eigenvalue weighted by Crippen LogP contribution is 2.24. The van der Waals surface area contributed by atoms with Gasteiger partial charge in [-0.2, -0.15) is 0 Å². The van der Waals surface area contributed by atoms with Gasteiger partial charge in [-0.15, -0.1) is 0 Å². The van der Waals surface area contributed by atoms with Crippen molar-refractivity contribution >= 4 is 21.6 Å². The van der Waals surface area contributed by atoms with E-state index in [1.54, 1.807) is 18.2 Å². The van der Waals surface area contributed by atoms with Crippen LogP contribution in [-0.2, 0) is 0 Å². The van der Waals surface area contributed by atoms with Crippen molar-refractivity contribution in [3.05, 3.63) is 52.6 Å². The first kappa shape index (κ1) is 12.1. The van der Waals surface area contributed by atoms with E-state index in [9.17, 15) is 9.50 Å². The van der Waals surface area contributed by atoms with Crippen LogP contribution in [0, 0.1) is 5.82 Å². The lowest BCUT2D eigenvalue weighted by Gasteiger charge is -2.12. The second-order valence-corrected chi connectivity index (χ2v) is 4.39. The highest BCUT2D eigenvalue weighted by molar-refractivity contribution is 9.10. The Balaban J connectivity index is 1.98. The Hall–Kier alpha value is -1.33. The van der Waals surface area contributed by atoms with Crippen molar-refractivity contribution < 1.29 is 13.9 Å². The summed E-state index contributed by atoms with van der Waals surface area (Å²) < 4.78 is 18.5. The maximum Gasteiger partial charge on any atom is 0.134 e. The normalized spacial score (nSPS) is 12.4. The predicted molar refractivity (Wildman–Crippen MR) is 66.3 cm³/mol. The van der Waals surface area contributed by atoms with Gasteiger partial charge in [-0.3, -0.25) is 0 Å². The molecule has 0 saturated carbocycles. The highest BCUT2D eigenvalue weighted by atomic mass is 79.9. The summed E-state index contributed by atoms with van der Waals surface area (Å²) in [5.41, 5.74) is 0.719. The summed E-state index contributed by atoms with van der Waals surface area (Å²) in [6, 6.07) is 7.74. The molecular formula is C12H11BrFNO2. The van der Waals surface area contributed by atoms with Crippen LogP contribution in [0.1, 0.15) is 11.9 Å². The van der Waals surface area contributed by atoms with E-state index >= 15 is 0 Å². The maximum atomic E-state index is 12.8. The second kappa shape index (κ2) is 5.33. The van der Waals surface area contributed by atoms with Crippen molar-refractivity contribution in [1.29, 1.82) is 0 Å². The Morgan fingerprint density at radius 3 is 2.88 bits per heavy atom. The first-order chi connectivity index (χ1) is 8.16. The summed E-state index contributed by atoms with van der Waals surface area (Å²) in [4.78, 5) is 0. The van der Waals surface area contributed by atoms with E-state index < -0.39 is 6.10 Å². The van der Waals surface area contributed by atoms with Crippen molar-refractivity contribution in [2.24, 2.45) is 0 Å². The fourth-order valence-electron chi connectivity index (χ4n) is 1.42. The monoisotopic (exact) mass is 299 g/mol. The molecular weight excluding hydrogens is 289 g/mol. The molecule has 0 aliphatic carbocycles. The Bertz CT molecular complexity index is 487. The number of aliphatic hydroxyl groups excluding tert-OH is 1. The fraction of sp³-hybridized carbons (Fsp3) is 0.167. The zero-order valence-corrected chi connectivity index (χ0v) is 10.4. The van der Waals surface area contributed by atoms with Crippen molar-refractivity contribution in [3.63, 3.8) is 0 Å². The minimum atomic E-state index is -0.734. The summed E-state index contributed by atoms with van der Waals surface area (Å²) in [7, 11) is 0. The summed E-state index contributed by atoms with van der Waals surface area (Å²) in [5.74, 6) is 0.185. The molecule has 1 aromatic carbocycles. The van der Waals surface area contributed by atoms with Crippen LogP contribution in [0.4, 0.5) is 10.1 Å². The molecule has 2 aromatic rings. The summed E-state index contributed by atoms with van der Waals surface area (Å²) >= 11 is 3.24. The third kappa shape index (κ3) is 3.08. The standard InChI is InChI=1S/C12H11BrFNO2/c13-9-6-8(14)3-4-10(9)15-7-11(16)12-2-1-5-17-12/h1-6,11,15-16H,7H2. The molecule has 1 aromatic heterocycles. The third-order valence-electron chi connectivity index (χ3n) is 2.29. The minimum absolute atomic E-state index is 0.289. The maximum absolute atomic E-state index is 12.8. The average molecular weight is 300 g/mol. The molecule has 2 N–H and O–H groups in total. The van der Waals surface area contributed by atoms with Gasteiger partial charge in [0.25, 0.3) is 0 Å². The van der Waals surface area contributed by atoms with Crippen LogP contribution < -0.4 is 5.32 Å². The molecule has 0 radical (unpaired) electrons. The first-order valence-corrected chi connectivity index (χ1v) is 5.86. The highest BCUT2D eigenvalue weighted by Gasteiger charge is 2.10. The number of rotatable bonds is 4. The van der Waals surface area contributed by atoms with Crippen molar-refractivity contribution in [2.75, 3.05) is 11.9 Å². The number of anilines is 1. The van der Waals surface area contributed by atoms with E-state index in [-0.39, 0.29) is 12.4 Å². The zero-order valence-electron chi connectivity index (χ0n) is 8.86. The molecule has 2 rings (SSSR count). The molecule has 3 nitrogen and oxygen atoms in total. The van der Waals surface area contributed by atoms with Crippen LogP contribution in [0.3, 0.4) is 0 Å². The number of benzene rings is 1. The van der Waals surface area contributed by atoms with Crippen molar-refractivity contribution in [3.8, 4) is 0 Å². The number of aliphatic hydroxyl groups is 1. The van der Waals surface area contributed by atoms with E-state index in [0.717, 1.165) is 5.69 Å². The van der Waals surface area contributed by atoms with Gasteiger partial charge < -0.3 is 14.8 Å². The largest absolute Gasteiger partial charge is 0.467 e. The Morgan fingerprint density at radius 1 is 1.41 bits per heavy atom. The van der Waals surface area contributed by atoms with E-state index in [1.165, 1.54) is 18.4 Å². The van der Waals surface area contributed by atoms with E-state index in [1.807, 2.05) is 0 Å². The molecule has 1 heterocycles. The van der Waals surface area contributed by atoms with Gasteiger partial charge >= 0.3 is 0 Å². The minimum Gasteiger partial charge on any atom is -0.467 e. The molecule has 0 saturated heterocycles. The van der Waals surface area contributed by atoms with Crippen molar-refractivity contribution in [1.82, 2.24) is 0 Å². The van der Waals surface area contributed by atoms with Gasteiger partial charge in [0.1, 0.15) is 17.7 Å². The van der Waals surface area contributed by atoms with Gasteiger partial charge in [0.2, 0.25) is 0 Å². The number of hydrogen-bond acceptors (Lipinski definition) is 3. The van der Waals surface area contributed by atoms with E-state index in [2.05, 4.69) is 21.2 Å². The van der Waals surface area contributed by atoms with Gasteiger partial charge in [0.15, 0.2) is 0 Å². The molecule has 1 unspecified atom stereocenters. The first-order valence-electron chi connectivity index (χ1n) is 5.07. The van der Waals surface area contributed by atoms with Crippen LogP contribution in [0.2, 0.25) is 0 Å². The smallest absolute Gasteiger partial charge is 0.134 e. The number of halogens is 2. The third-order valence-corrected chi connectivity index (χ3v) is 2.94. The van der Waals surface area contributed by atoms with Gasteiger partial charge in [-0.1, -0.05) is 0 Å². The lowest BCUT2D eigenvalue weighted by Crippen LogP contribution is -2.11.